The van der Waals surface area contributed by atoms with Crippen LogP contribution in [0, 0.1) is 12.7 Å². The van der Waals surface area contributed by atoms with Gasteiger partial charge < -0.3 is 9.80 Å². The van der Waals surface area contributed by atoms with E-state index in [9.17, 15) is 4.39 Å². The van der Waals surface area contributed by atoms with E-state index in [1.54, 1.807) is 17.0 Å². The summed E-state index contributed by atoms with van der Waals surface area (Å²) in [6.07, 6.45) is 0. The van der Waals surface area contributed by atoms with Gasteiger partial charge in [0.25, 0.3) is 0 Å². The Balaban J connectivity index is 1.51. The summed E-state index contributed by atoms with van der Waals surface area (Å²) in [4.78, 5) is 3.14. The van der Waals surface area contributed by atoms with Gasteiger partial charge in [0.15, 0.2) is 0 Å². The molecular weight excluding hydrogens is 275 g/mol. The van der Waals surface area contributed by atoms with Gasteiger partial charge in [-0.2, -0.15) is 0 Å². The summed E-state index contributed by atoms with van der Waals surface area (Å²) >= 11 is 0. The highest BCUT2D eigenvalue weighted by Crippen LogP contribution is 2.04. The summed E-state index contributed by atoms with van der Waals surface area (Å²) in [6.45, 7) is 8.63. The molecule has 0 saturated carbocycles. The van der Waals surface area contributed by atoms with Crippen LogP contribution in [0.2, 0.25) is 0 Å². The second-order valence-corrected chi connectivity index (χ2v) is 6.43. The van der Waals surface area contributed by atoms with Crippen LogP contribution in [0.25, 0.3) is 0 Å². The monoisotopic (exact) mass is 300 g/mol. The van der Waals surface area contributed by atoms with Crippen LogP contribution in [0.15, 0.2) is 48.5 Å². The van der Waals surface area contributed by atoms with E-state index in [4.69, 9.17) is 0 Å². The average Bonchev–Trinajstić information content (AvgIpc) is 2.52. The Bertz CT molecular complexity index is 618. The summed E-state index contributed by atoms with van der Waals surface area (Å²) in [6, 6.07) is 16.0. The van der Waals surface area contributed by atoms with Gasteiger partial charge in [-0.05, 0) is 13.0 Å². The maximum absolute atomic E-state index is 13.7. The quantitative estimate of drug-likeness (QED) is 0.819. The van der Waals surface area contributed by atoms with Crippen molar-refractivity contribution in [2.24, 2.45) is 0 Å². The van der Waals surface area contributed by atoms with Crippen LogP contribution >= 0.6 is 0 Å². The average molecular weight is 300 g/mol. The van der Waals surface area contributed by atoms with E-state index in [1.165, 1.54) is 16.0 Å². The van der Waals surface area contributed by atoms with Gasteiger partial charge in [0, 0.05) is 11.1 Å². The van der Waals surface area contributed by atoms with E-state index >= 15 is 0 Å². The van der Waals surface area contributed by atoms with E-state index in [2.05, 4.69) is 31.2 Å². The lowest BCUT2D eigenvalue weighted by Gasteiger charge is -2.30. The molecule has 2 N–H and O–H groups in total. The maximum atomic E-state index is 13.7. The minimum atomic E-state index is -0.0652. The van der Waals surface area contributed by atoms with Gasteiger partial charge in [-0.3, -0.25) is 0 Å². The number of benzene rings is 2. The first-order chi connectivity index (χ1) is 10.7. The smallest absolute Gasteiger partial charge is 0.132 e. The second kappa shape index (κ2) is 7.03. The van der Waals surface area contributed by atoms with E-state index < -0.39 is 0 Å². The zero-order chi connectivity index (χ0) is 15.4. The lowest BCUT2D eigenvalue weighted by Crippen LogP contribution is -3.27. The molecule has 0 atom stereocenters. The summed E-state index contributed by atoms with van der Waals surface area (Å²) in [7, 11) is 0. The van der Waals surface area contributed by atoms with Gasteiger partial charge in [-0.25, -0.2) is 4.39 Å². The molecule has 2 aromatic carbocycles. The lowest BCUT2D eigenvalue weighted by molar-refractivity contribution is -1.02. The molecule has 3 heteroatoms. The summed E-state index contributed by atoms with van der Waals surface area (Å²) < 4.78 is 13.7. The highest BCUT2D eigenvalue weighted by molar-refractivity contribution is 5.21. The Morgan fingerprint density at radius 1 is 0.864 bits per heavy atom. The number of aryl methyl sites for hydroxylation is 1. The first-order valence-corrected chi connectivity index (χ1v) is 8.17. The number of piperazine rings is 1. The van der Waals surface area contributed by atoms with Crippen molar-refractivity contribution in [3.8, 4) is 0 Å². The van der Waals surface area contributed by atoms with E-state index in [0.717, 1.165) is 44.8 Å². The van der Waals surface area contributed by atoms with Gasteiger partial charge in [0.2, 0.25) is 0 Å². The van der Waals surface area contributed by atoms with Gasteiger partial charge >= 0.3 is 0 Å². The van der Waals surface area contributed by atoms with E-state index in [-0.39, 0.29) is 5.82 Å². The van der Waals surface area contributed by atoms with Crippen molar-refractivity contribution in [1.29, 1.82) is 0 Å². The third kappa shape index (κ3) is 3.93. The van der Waals surface area contributed by atoms with Crippen molar-refractivity contribution in [2.75, 3.05) is 26.2 Å². The van der Waals surface area contributed by atoms with Crippen molar-refractivity contribution in [1.82, 2.24) is 0 Å². The Morgan fingerprint density at radius 2 is 1.55 bits per heavy atom. The Kier molecular flexibility index (Phi) is 4.86. The first-order valence-electron chi connectivity index (χ1n) is 8.17. The molecule has 3 rings (SSSR count). The van der Waals surface area contributed by atoms with Crippen LogP contribution in [0.5, 0.6) is 0 Å². The topological polar surface area (TPSA) is 8.88 Å². The molecular formula is C19H25FN2+2. The third-order valence-electron chi connectivity index (χ3n) is 4.60. The van der Waals surface area contributed by atoms with Gasteiger partial charge in [0.05, 0.1) is 0 Å². The second-order valence-electron chi connectivity index (χ2n) is 6.43. The van der Waals surface area contributed by atoms with Crippen molar-refractivity contribution in [3.05, 3.63) is 71.0 Å². The predicted molar refractivity (Wildman–Crippen MR) is 86.4 cm³/mol. The van der Waals surface area contributed by atoms with Crippen LogP contribution in [-0.2, 0) is 13.1 Å². The molecule has 1 aliphatic rings. The Labute approximate surface area is 132 Å². The highest BCUT2D eigenvalue weighted by atomic mass is 19.1. The number of hydrogen-bond donors (Lipinski definition) is 2. The molecule has 1 aliphatic heterocycles. The molecule has 22 heavy (non-hydrogen) atoms. The molecule has 1 heterocycles. The summed E-state index contributed by atoms with van der Waals surface area (Å²) in [5, 5.41) is 0. The molecule has 116 valence electrons. The fraction of sp³-hybridized carbons (Fsp3) is 0.368. The molecule has 0 aliphatic carbocycles. The molecule has 0 spiro atoms. The summed E-state index contributed by atoms with van der Waals surface area (Å²) in [5.41, 5.74) is 3.60. The molecule has 2 aromatic rings. The molecule has 1 saturated heterocycles. The molecule has 0 amide bonds. The first kappa shape index (κ1) is 15.2. The zero-order valence-corrected chi connectivity index (χ0v) is 13.2. The maximum Gasteiger partial charge on any atom is 0.132 e. The number of halogens is 1. The molecule has 0 aromatic heterocycles. The zero-order valence-electron chi connectivity index (χ0n) is 13.2. The van der Waals surface area contributed by atoms with E-state index in [0.29, 0.717) is 0 Å². The molecule has 2 nitrogen and oxygen atoms in total. The Morgan fingerprint density at radius 3 is 2.23 bits per heavy atom. The van der Waals surface area contributed by atoms with E-state index in [1.807, 2.05) is 12.1 Å². The van der Waals surface area contributed by atoms with Crippen LogP contribution in [-0.4, -0.2) is 26.2 Å². The minimum Gasteiger partial charge on any atom is -0.322 e. The molecule has 0 unspecified atom stereocenters. The highest BCUT2D eigenvalue weighted by Gasteiger charge is 2.23. The predicted octanol–water partition coefficient (Wildman–Crippen LogP) is 0.618. The minimum absolute atomic E-state index is 0.0652. The largest absolute Gasteiger partial charge is 0.322 e. The van der Waals surface area contributed by atoms with Gasteiger partial charge in [0.1, 0.15) is 45.1 Å². The fourth-order valence-corrected chi connectivity index (χ4v) is 3.33. The van der Waals surface area contributed by atoms with Crippen molar-refractivity contribution >= 4 is 0 Å². The van der Waals surface area contributed by atoms with Crippen molar-refractivity contribution < 1.29 is 14.2 Å². The van der Waals surface area contributed by atoms with Crippen molar-refractivity contribution in [2.45, 2.75) is 20.0 Å². The van der Waals surface area contributed by atoms with Gasteiger partial charge in [-0.15, -0.1) is 0 Å². The van der Waals surface area contributed by atoms with Crippen LogP contribution < -0.4 is 9.80 Å². The SMILES string of the molecule is Cc1cccc(C[NH+]2CC[NH+](Cc3ccccc3F)CC2)c1. The summed E-state index contributed by atoms with van der Waals surface area (Å²) in [5.74, 6) is -0.0652. The lowest BCUT2D eigenvalue weighted by atomic mass is 10.1. The number of quaternary nitrogens is 2. The normalized spacial score (nSPS) is 21.7. The molecule has 0 radical (unpaired) electrons. The Hall–Kier alpha value is -1.71. The number of rotatable bonds is 4. The van der Waals surface area contributed by atoms with Crippen LogP contribution in [0.4, 0.5) is 4.39 Å². The third-order valence-corrected chi connectivity index (χ3v) is 4.60. The van der Waals surface area contributed by atoms with Crippen LogP contribution in [0.1, 0.15) is 16.7 Å². The molecule has 1 fully saturated rings. The standard InChI is InChI=1S/C19H23FN2/c1-16-5-4-6-17(13-16)14-21-9-11-22(12-10-21)15-18-7-2-3-8-19(18)20/h2-8,13H,9-12,14-15H2,1H3/p+2. The molecule has 0 bridgehead atoms. The number of hydrogen-bond acceptors (Lipinski definition) is 0. The number of nitrogens with one attached hydrogen (secondary N) is 2. The van der Waals surface area contributed by atoms with Crippen LogP contribution in [0.3, 0.4) is 0 Å². The van der Waals surface area contributed by atoms with Gasteiger partial charge in [-0.1, -0.05) is 48.0 Å². The fourth-order valence-electron chi connectivity index (χ4n) is 3.33. The van der Waals surface area contributed by atoms with Crippen molar-refractivity contribution in [3.63, 3.8) is 0 Å².